The van der Waals surface area contributed by atoms with Gasteiger partial charge in [0, 0.05) is 19.6 Å². The molecule has 1 N–H and O–H groups in total. The topological polar surface area (TPSA) is 15.3 Å². The fourth-order valence-electron chi connectivity index (χ4n) is 2.19. The van der Waals surface area contributed by atoms with Crippen molar-refractivity contribution in [2.45, 2.75) is 19.0 Å². The van der Waals surface area contributed by atoms with Gasteiger partial charge in [-0.25, -0.2) is 4.39 Å². The molecule has 3 heteroatoms. The second-order valence-electron chi connectivity index (χ2n) is 4.00. The Hall–Kier alpha value is -0.150. The van der Waals surface area contributed by atoms with Crippen LogP contribution in [0.1, 0.15) is 12.8 Å². The first-order chi connectivity index (χ1) is 5.84. The van der Waals surface area contributed by atoms with Gasteiger partial charge in [0.25, 0.3) is 0 Å². The Morgan fingerprint density at radius 1 is 1.42 bits per heavy atom. The molecule has 2 aliphatic heterocycles. The van der Waals surface area contributed by atoms with Crippen molar-refractivity contribution in [1.29, 1.82) is 0 Å². The number of nitrogens with zero attached hydrogens (tertiary/aromatic N) is 1. The molecule has 0 radical (unpaired) electrons. The van der Waals surface area contributed by atoms with E-state index in [9.17, 15) is 4.39 Å². The summed E-state index contributed by atoms with van der Waals surface area (Å²) < 4.78 is 12.8. The summed E-state index contributed by atoms with van der Waals surface area (Å²) in [6.45, 7) is 5.03. The predicted octanol–water partition coefficient (Wildman–Crippen LogP) is 0.640. The van der Waals surface area contributed by atoms with Crippen LogP contribution in [0.5, 0.6) is 0 Å². The van der Waals surface area contributed by atoms with Gasteiger partial charge in [-0.3, -0.25) is 0 Å². The molecular weight excluding hydrogens is 155 g/mol. The van der Waals surface area contributed by atoms with Gasteiger partial charge in [0.05, 0.1) is 0 Å². The number of hydrogen-bond donors (Lipinski definition) is 1. The molecule has 0 aromatic carbocycles. The van der Waals surface area contributed by atoms with E-state index < -0.39 is 6.17 Å². The van der Waals surface area contributed by atoms with E-state index in [2.05, 4.69) is 10.2 Å². The van der Waals surface area contributed by atoms with Gasteiger partial charge in [-0.1, -0.05) is 0 Å². The Labute approximate surface area is 73.1 Å². The summed E-state index contributed by atoms with van der Waals surface area (Å²) in [6, 6.07) is 0. The molecule has 2 atom stereocenters. The molecule has 0 amide bonds. The normalized spacial score (nSPS) is 37.8. The van der Waals surface area contributed by atoms with Gasteiger partial charge in [0.15, 0.2) is 0 Å². The van der Waals surface area contributed by atoms with Crippen molar-refractivity contribution in [3.05, 3.63) is 0 Å². The molecule has 2 fully saturated rings. The minimum Gasteiger partial charge on any atom is -0.316 e. The van der Waals surface area contributed by atoms with Crippen molar-refractivity contribution >= 4 is 0 Å². The summed E-state index contributed by atoms with van der Waals surface area (Å²) in [5.74, 6) is 0.773. The lowest BCUT2D eigenvalue weighted by Crippen LogP contribution is -2.28. The summed E-state index contributed by atoms with van der Waals surface area (Å²) >= 11 is 0. The predicted molar refractivity (Wildman–Crippen MR) is 46.9 cm³/mol. The van der Waals surface area contributed by atoms with Gasteiger partial charge in [0.1, 0.15) is 6.17 Å². The average Bonchev–Trinajstić information content (AvgIpc) is 2.63. The van der Waals surface area contributed by atoms with E-state index in [1.165, 1.54) is 6.42 Å². The number of halogens is 1. The van der Waals surface area contributed by atoms with Crippen LogP contribution in [0.2, 0.25) is 0 Å². The first-order valence-electron chi connectivity index (χ1n) is 4.92. The van der Waals surface area contributed by atoms with Crippen LogP contribution in [0.15, 0.2) is 0 Å². The van der Waals surface area contributed by atoms with Crippen LogP contribution in [0.4, 0.5) is 4.39 Å². The summed E-state index contributed by atoms with van der Waals surface area (Å²) in [4.78, 5) is 2.27. The number of hydrogen-bond acceptors (Lipinski definition) is 2. The lowest BCUT2D eigenvalue weighted by atomic mass is 10.1. The van der Waals surface area contributed by atoms with E-state index in [-0.39, 0.29) is 0 Å². The first-order valence-corrected chi connectivity index (χ1v) is 4.92. The molecule has 0 aromatic rings. The van der Waals surface area contributed by atoms with Crippen molar-refractivity contribution in [3.63, 3.8) is 0 Å². The lowest BCUT2D eigenvalue weighted by molar-refractivity contribution is 0.257. The molecule has 2 saturated heterocycles. The molecule has 0 saturated carbocycles. The molecule has 1 unspecified atom stereocenters. The van der Waals surface area contributed by atoms with E-state index in [0.29, 0.717) is 6.54 Å². The highest BCUT2D eigenvalue weighted by atomic mass is 19.1. The Morgan fingerprint density at radius 3 is 2.92 bits per heavy atom. The third kappa shape index (κ3) is 1.96. The molecule has 0 aliphatic carbocycles. The van der Waals surface area contributed by atoms with Crippen LogP contribution >= 0.6 is 0 Å². The van der Waals surface area contributed by atoms with E-state index in [1.807, 2.05) is 0 Å². The minimum absolute atomic E-state index is 0.556. The molecule has 2 rings (SSSR count). The smallest absolute Gasteiger partial charge is 0.114 e. The Kier molecular flexibility index (Phi) is 2.61. The van der Waals surface area contributed by atoms with E-state index in [0.717, 1.165) is 38.5 Å². The summed E-state index contributed by atoms with van der Waals surface area (Å²) in [5, 5.41) is 3.34. The fraction of sp³-hybridized carbons (Fsp3) is 1.00. The number of nitrogens with one attached hydrogen (secondary N) is 1. The second-order valence-corrected chi connectivity index (χ2v) is 4.00. The SMILES string of the molecule is FC1CCN(C[C@@H]2CCNC2)C1. The van der Waals surface area contributed by atoms with Gasteiger partial charge in [0.2, 0.25) is 0 Å². The lowest BCUT2D eigenvalue weighted by Gasteiger charge is -2.18. The average molecular weight is 172 g/mol. The zero-order valence-electron chi connectivity index (χ0n) is 7.43. The molecule has 2 nitrogen and oxygen atoms in total. The van der Waals surface area contributed by atoms with Crippen molar-refractivity contribution in [2.24, 2.45) is 5.92 Å². The quantitative estimate of drug-likeness (QED) is 0.657. The number of rotatable bonds is 2. The van der Waals surface area contributed by atoms with E-state index in [4.69, 9.17) is 0 Å². The maximum atomic E-state index is 12.8. The number of alkyl halides is 1. The van der Waals surface area contributed by atoms with Gasteiger partial charge in [-0.05, 0) is 31.8 Å². The van der Waals surface area contributed by atoms with Crippen LogP contribution < -0.4 is 5.32 Å². The van der Waals surface area contributed by atoms with Crippen molar-refractivity contribution < 1.29 is 4.39 Å². The van der Waals surface area contributed by atoms with Crippen molar-refractivity contribution in [2.75, 3.05) is 32.7 Å². The van der Waals surface area contributed by atoms with Gasteiger partial charge in [-0.2, -0.15) is 0 Å². The third-order valence-electron chi connectivity index (χ3n) is 2.89. The molecular formula is C9H17FN2. The standard InChI is InChI=1S/C9H17FN2/c10-9-2-4-12(7-9)6-8-1-3-11-5-8/h8-9,11H,1-7H2/t8-,9?/m1/s1. The van der Waals surface area contributed by atoms with Crippen molar-refractivity contribution in [1.82, 2.24) is 10.2 Å². The van der Waals surface area contributed by atoms with Gasteiger partial charge < -0.3 is 10.2 Å². The largest absolute Gasteiger partial charge is 0.316 e. The van der Waals surface area contributed by atoms with Crippen LogP contribution in [-0.4, -0.2) is 43.8 Å². The molecule has 2 aliphatic rings. The molecule has 0 bridgehead atoms. The molecule has 0 aromatic heterocycles. The molecule has 70 valence electrons. The highest BCUT2D eigenvalue weighted by Crippen LogP contribution is 2.16. The van der Waals surface area contributed by atoms with Crippen LogP contribution in [0, 0.1) is 5.92 Å². The van der Waals surface area contributed by atoms with Crippen LogP contribution in [-0.2, 0) is 0 Å². The zero-order chi connectivity index (χ0) is 8.39. The summed E-state index contributed by atoms with van der Waals surface area (Å²) in [6.07, 6.45) is 1.47. The maximum Gasteiger partial charge on any atom is 0.114 e. The Balaban J connectivity index is 1.72. The highest BCUT2D eigenvalue weighted by Gasteiger charge is 2.25. The van der Waals surface area contributed by atoms with Gasteiger partial charge in [-0.15, -0.1) is 0 Å². The zero-order valence-corrected chi connectivity index (χ0v) is 7.43. The maximum absolute atomic E-state index is 12.8. The molecule has 0 spiro atoms. The second kappa shape index (κ2) is 3.71. The molecule has 2 heterocycles. The highest BCUT2D eigenvalue weighted by molar-refractivity contribution is 4.80. The molecule has 12 heavy (non-hydrogen) atoms. The Morgan fingerprint density at radius 2 is 2.33 bits per heavy atom. The Bertz CT molecular complexity index is 145. The number of likely N-dealkylation sites (tertiary alicyclic amines) is 1. The van der Waals surface area contributed by atoms with E-state index in [1.54, 1.807) is 0 Å². The first kappa shape index (κ1) is 8.45. The third-order valence-corrected chi connectivity index (χ3v) is 2.89. The van der Waals surface area contributed by atoms with Crippen LogP contribution in [0.3, 0.4) is 0 Å². The van der Waals surface area contributed by atoms with Gasteiger partial charge >= 0.3 is 0 Å². The van der Waals surface area contributed by atoms with Crippen LogP contribution in [0.25, 0.3) is 0 Å². The fourth-order valence-corrected chi connectivity index (χ4v) is 2.19. The van der Waals surface area contributed by atoms with Crippen molar-refractivity contribution in [3.8, 4) is 0 Å². The minimum atomic E-state index is -0.556. The summed E-state index contributed by atoms with van der Waals surface area (Å²) in [5.41, 5.74) is 0. The summed E-state index contributed by atoms with van der Waals surface area (Å²) in [7, 11) is 0. The van der Waals surface area contributed by atoms with E-state index >= 15 is 0 Å². The monoisotopic (exact) mass is 172 g/mol.